The van der Waals surface area contributed by atoms with E-state index in [1.54, 1.807) is 19.2 Å². The molecular weight excluding hydrogens is 344 g/mol. The summed E-state index contributed by atoms with van der Waals surface area (Å²) in [5.74, 6) is 1.19. The summed E-state index contributed by atoms with van der Waals surface area (Å²) in [6.45, 7) is 6.91. The maximum atomic E-state index is 12.5. The Morgan fingerprint density at radius 2 is 2.00 bits per heavy atom. The zero-order valence-electron chi connectivity index (χ0n) is 14.9. The molecule has 0 aromatic heterocycles. The Morgan fingerprint density at radius 3 is 2.64 bits per heavy atom. The molecule has 138 valence electrons. The SMILES string of the molecule is CO[C@H]1CN(C(C)C)C[C@@H]1NC(=O)Cc1cc2c(cc1Cl)OCCO2. The van der Waals surface area contributed by atoms with E-state index >= 15 is 0 Å². The lowest BCUT2D eigenvalue weighted by atomic mass is 10.1. The lowest BCUT2D eigenvalue weighted by Gasteiger charge is -2.21. The van der Waals surface area contributed by atoms with Gasteiger partial charge in [-0.2, -0.15) is 0 Å². The van der Waals surface area contributed by atoms with Gasteiger partial charge in [0.2, 0.25) is 5.91 Å². The van der Waals surface area contributed by atoms with Crippen molar-refractivity contribution in [3.05, 3.63) is 22.7 Å². The normalized spacial score (nSPS) is 23.1. The number of amides is 1. The van der Waals surface area contributed by atoms with E-state index in [-0.39, 0.29) is 24.5 Å². The van der Waals surface area contributed by atoms with Gasteiger partial charge in [-0.3, -0.25) is 9.69 Å². The van der Waals surface area contributed by atoms with Crippen LogP contribution in [0.2, 0.25) is 5.02 Å². The second-order valence-electron chi connectivity index (χ2n) is 6.76. The fraction of sp³-hybridized carbons (Fsp3) is 0.611. The number of hydrogen-bond donors (Lipinski definition) is 1. The van der Waals surface area contributed by atoms with Crippen LogP contribution in [0, 0.1) is 0 Å². The summed E-state index contributed by atoms with van der Waals surface area (Å²) in [6, 6.07) is 3.91. The number of rotatable bonds is 5. The Kier molecular flexibility index (Phi) is 5.71. The molecule has 1 aromatic rings. The van der Waals surface area contributed by atoms with E-state index in [1.165, 1.54) is 0 Å². The van der Waals surface area contributed by atoms with Gasteiger partial charge in [0.15, 0.2) is 11.5 Å². The van der Waals surface area contributed by atoms with Crippen LogP contribution < -0.4 is 14.8 Å². The number of hydrogen-bond acceptors (Lipinski definition) is 5. The van der Waals surface area contributed by atoms with E-state index in [4.69, 9.17) is 25.8 Å². The number of nitrogens with zero attached hydrogens (tertiary/aromatic N) is 1. The molecule has 0 saturated carbocycles. The van der Waals surface area contributed by atoms with Gasteiger partial charge in [-0.1, -0.05) is 11.6 Å². The first-order valence-corrected chi connectivity index (χ1v) is 9.00. The van der Waals surface area contributed by atoms with Crippen LogP contribution in [0.1, 0.15) is 19.4 Å². The molecule has 1 aromatic carbocycles. The minimum absolute atomic E-state index is 0.00193. The molecule has 0 bridgehead atoms. The molecular formula is C18H25ClN2O4. The molecule has 3 rings (SSSR count). The lowest BCUT2D eigenvalue weighted by molar-refractivity contribution is -0.121. The van der Waals surface area contributed by atoms with Crippen molar-refractivity contribution >= 4 is 17.5 Å². The van der Waals surface area contributed by atoms with Gasteiger partial charge in [-0.05, 0) is 25.5 Å². The average molecular weight is 369 g/mol. The molecule has 25 heavy (non-hydrogen) atoms. The molecule has 7 heteroatoms. The molecule has 0 radical (unpaired) electrons. The molecule has 0 aliphatic carbocycles. The molecule has 2 atom stereocenters. The zero-order chi connectivity index (χ0) is 18.0. The minimum atomic E-state index is -0.0729. The zero-order valence-corrected chi connectivity index (χ0v) is 15.6. The minimum Gasteiger partial charge on any atom is -0.486 e. The van der Waals surface area contributed by atoms with Gasteiger partial charge in [-0.15, -0.1) is 0 Å². The molecule has 1 N–H and O–H groups in total. The number of carbonyl (C=O) groups is 1. The summed E-state index contributed by atoms with van der Waals surface area (Å²) in [6.07, 6.45) is 0.200. The topological polar surface area (TPSA) is 60.0 Å². The fourth-order valence-corrected chi connectivity index (χ4v) is 3.49. The Morgan fingerprint density at radius 1 is 1.32 bits per heavy atom. The van der Waals surface area contributed by atoms with Crippen LogP contribution in [0.4, 0.5) is 0 Å². The highest BCUT2D eigenvalue weighted by molar-refractivity contribution is 6.31. The Hall–Kier alpha value is -1.50. The molecule has 2 heterocycles. The van der Waals surface area contributed by atoms with Gasteiger partial charge in [-0.25, -0.2) is 0 Å². The van der Waals surface area contributed by atoms with Gasteiger partial charge in [0.1, 0.15) is 13.2 Å². The number of ether oxygens (including phenoxy) is 3. The van der Waals surface area contributed by atoms with Crippen LogP contribution >= 0.6 is 11.6 Å². The van der Waals surface area contributed by atoms with Gasteiger partial charge in [0, 0.05) is 37.3 Å². The Balaban J connectivity index is 1.64. The van der Waals surface area contributed by atoms with Crippen molar-refractivity contribution in [1.82, 2.24) is 10.2 Å². The Labute approximate surface area is 153 Å². The summed E-state index contributed by atoms with van der Waals surface area (Å²) in [7, 11) is 1.69. The monoisotopic (exact) mass is 368 g/mol. The molecule has 1 saturated heterocycles. The highest BCUT2D eigenvalue weighted by Crippen LogP contribution is 2.35. The van der Waals surface area contributed by atoms with Crippen molar-refractivity contribution in [3.63, 3.8) is 0 Å². The number of nitrogens with one attached hydrogen (secondary N) is 1. The molecule has 1 fully saturated rings. The molecule has 0 spiro atoms. The summed E-state index contributed by atoms with van der Waals surface area (Å²) < 4.78 is 16.6. The van der Waals surface area contributed by atoms with Crippen LogP contribution in [0.5, 0.6) is 11.5 Å². The third-order valence-electron chi connectivity index (χ3n) is 4.74. The smallest absolute Gasteiger partial charge is 0.224 e. The number of fused-ring (bicyclic) bond motifs is 1. The Bertz CT molecular complexity index is 638. The largest absolute Gasteiger partial charge is 0.486 e. The number of carbonyl (C=O) groups excluding carboxylic acids is 1. The van der Waals surface area contributed by atoms with Gasteiger partial charge >= 0.3 is 0 Å². The van der Waals surface area contributed by atoms with Crippen LogP contribution in [-0.4, -0.2) is 62.4 Å². The second kappa shape index (κ2) is 7.81. The fourth-order valence-electron chi connectivity index (χ4n) is 3.27. The first kappa shape index (κ1) is 18.3. The number of likely N-dealkylation sites (tertiary alicyclic amines) is 1. The van der Waals surface area contributed by atoms with Crippen LogP contribution in [0.3, 0.4) is 0 Å². The quantitative estimate of drug-likeness (QED) is 0.859. The highest BCUT2D eigenvalue weighted by atomic mass is 35.5. The third-order valence-corrected chi connectivity index (χ3v) is 5.09. The van der Waals surface area contributed by atoms with Crippen molar-refractivity contribution in [1.29, 1.82) is 0 Å². The summed E-state index contributed by atoms with van der Waals surface area (Å²) in [4.78, 5) is 14.8. The van der Waals surface area contributed by atoms with E-state index in [1.807, 2.05) is 0 Å². The molecule has 2 aliphatic heterocycles. The van der Waals surface area contributed by atoms with Crippen LogP contribution in [-0.2, 0) is 16.0 Å². The average Bonchev–Trinajstić information content (AvgIpc) is 2.98. The molecule has 0 unspecified atom stereocenters. The summed E-state index contributed by atoms with van der Waals surface area (Å²) in [5, 5.41) is 3.60. The maximum absolute atomic E-state index is 12.5. The predicted molar refractivity (Wildman–Crippen MR) is 95.6 cm³/mol. The molecule has 2 aliphatic rings. The van der Waals surface area contributed by atoms with Gasteiger partial charge < -0.3 is 19.5 Å². The van der Waals surface area contributed by atoms with E-state index in [2.05, 4.69) is 24.1 Å². The van der Waals surface area contributed by atoms with E-state index < -0.39 is 0 Å². The number of benzene rings is 1. The van der Waals surface area contributed by atoms with Crippen molar-refractivity contribution in [2.24, 2.45) is 0 Å². The van der Waals surface area contributed by atoms with Crippen molar-refractivity contribution in [2.45, 2.75) is 38.5 Å². The van der Waals surface area contributed by atoms with Gasteiger partial charge in [0.25, 0.3) is 0 Å². The summed E-state index contributed by atoms with van der Waals surface area (Å²) >= 11 is 6.29. The summed E-state index contributed by atoms with van der Waals surface area (Å²) in [5.41, 5.74) is 0.732. The molecule has 1 amide bonds. The van der Waals surface area contributed by atoms with E-state index in [0.29, 0.717) is 35.8 Å². The second-order valence-corrected chi connectivity index (χ2v) is 7.17. The number of methoxy groups -OCH3 is 1. The maximum Gasteiger partial charge on any atom is 0.224 e. The van der Waals surface area contributed by atoms with Gasteiger partial charge in [0.05, 0.1) is 18.6 Å². The van der Waals surface area contributed by atoms with Crippen molar-refractivity contribution in [2.75, 3.05) is 33.4 Å². The lowest BCUT2D eigenvalue weighted by Crippen LogP contribution is -2.44. The van der Waals surface area contributed by atoms with Crippen LogP contribution in [0.15, 0.2) is 12.1 Å². The first-order valence-electron chi connectivity index (χ1n) is 8.62. The first-order chi connectivity index (χ1) is 12.0. The van der Waals surface area contributed by atoms with E-state index in [9.17, 15) is 4.79 Å². The predicted octanol–water partition coefficient (Wildman–Crippen LogP) is 1.88. The van der Waals surface area contributed by atoms with Crippen molar-refractivity contribution < 1.29 is 19.0 Å². The standard InChI is InChI=1S/C18H25ClN2O4/c1-11(2)21-9-14(17(10-21)23-3)20-18(22)7-12-6-15-16(8-13(12)19)25-5-4-24-15/h6,8,11,14,17H,4-5,7,9-10H2,1-3H3,(H,20,22)/t14-,17-/m0/s1. The number of halogens is 1. The highest BCUT2D eigenvalue weighted by Gasteiger charge is 2.35. The van der Waals surface area contributed by atoms with E-state index in [0.717, 1.165) is 18.7 Å². The van der Waals surface area contributed by atoms with Crippen molar-refractivity contribution in [3.8, 4) is 11.5 Å². The third kappa shape index (κ3) is 4.19. The van der Waals surface area contributed by atoms with Crippen LogP contribution in [0.25, 0.3) is 0 Å². The molecule has 6 nitrogen and oxygen atoms in total.